The van der Waals surface area contributed by atoms with Crippen LogP contribution in [-0.4, -0.2) is 18.6 Å². The fourth-order valence-corrected chi connectivity index (χ4v) is 2.32. The van der Waals surface area contributed by atoms with Gasteiger partial charge in [0.2, 0.25) is 0 Å². The zero-order chi connectivity index (χ0) is 11.8. The summed E-state index contributed by atoms with van der Waals surface area (Å²) in [6.45, 7) is 2.19. The molecule has 0 aromatic heterocycles. The van der Waals surface area contributed by atoms with Gasteiger partial charge in [0.15, 0.2) is 0 Å². The molecule has 0 spiro atoms. The number of carbonyl (C=O) groups excluding carboxylic acids is 1. The van der Waals surface area contributed by atoms with Gasteiger partial charge >= 0.3 is 5.97 Å². The van der Waals surface area contributed by atoms with Crippen molar-refractivity contribution in [3.8, 4) is 0 Å². The number of rotatable bonds is 6. The van der Waals surface area contributed by atoms with Crippen molar-refractivity contribution in [2.24, 2.45) is 11.7 Å². The molecular formula is C13H25NO2. The molecule has 0 aliphatic heterocycles. The first-order valence-electron chi connectivity index (χ1n) is 6.62. The molecular weight excluding hydrogens is 202 g/mol. The smallest absolute Gasteiger partial charge is 0.322 e. The summed E-state index contributed by atoms with van der Waals surface area (Å²) in [5.74, 6) is 0.649. The molecule has 0 saturated heterocycles. The van der Waals surface area contributed by atoms with Crippen LogP contribution in [0.5, 0.6) is 0 Å². The molecule has 1 aliphatic carbocycles. The standard InChI is InChI=1S/C13H25NO2/c1-11(14)13(15)16-10-6-5-9-12-7-3-2-4-8-12/h11-12H,2-10,14H2,1H3/t11-/m0/s1. The van der Waals surface area contributed by atoms with Crippen molar-refractivity contribution in [1.82, 2.24) is 0 Å². The number of hydrogen-bond acceptors (Lipinski definition) is 3. The Morgan fingerprint density at radius 1 is 1.31 bits per heavy atom. The van der Waals surface area contributed by atoms with Gasteiger partial charge in [-0.1, -0.05) is 38.5 Å². The number of hydrogen-bond donors (Lipinski definition) is 1. The molecule has 0 radical (unpaired) electrons. The fraction of sp³-hybridized carbons (Fsp3) is 0.923. The lowest BCUT2D eigenvalue weighted by Crippen LogP contribution is -2.28. The molecule has 16 heavy (non-hydrogen) atoms. The van der Waals surface area contributed by atoms with E-state index >= 15 is 0 Å². The maximum atomic E-state index is 11.1. The summed E-state index contributed by atoms with van der Waals surface area (Å²) in [7, 11) is 0. The average molecular weight is 227 g/mol. The molecule has 0 unspecified atom stereocenters. The fourth-order valence-electron chi connectivity index (χ4n) is 2.32. The lowest BCUT2D eigenvalue weighted by atomic mass is 9.86. The third-order valence-electron chi connectivity index (χ3n) is 3.35. The van der Waals surface area contributed by atoms with Crippen LogP contribution < -0.4 is 5.73 Å². The first-order valence-corrected chi connectivity index (χ1v) is 6.62. The molecule has 1 saturated carbocycles. The number of nitrogens with two attached hydrogens (primary N) is 1. The van der Waals surface area contributed by atoms with Gasteiger partial charge in [0.1, 0.15) is 6.04 Å². The van der Waals surface area contributed by atoms with E-state index in [1.165, 1.54) is 44.9 Å². The van der Waals surface area contributed by atoms with Crippen LogP contribution in [0, 0.1) is 5.92 Å². The van der Waals surface area contributed by atoms with E-state index in [2.05, 4.69) is 0 Å². The minimum absolute atomic E-state index is 0.280. The average Bonchev–Trinajstić information content (AvgIpc) is 2.29. The highest BCUT2D eigenvalue weighted by atomic mass is 16.5. The second-order valence-corrected chi connectivity index (χ2v) is 4.96. The van der Waals surface area contributed by atoms with Gasteiger partial charge in [-0.3, -0.25) is 4.79 Å². The Morgan fingerprint density at radius 3 is 2.62 bits per heavy atom. The van der Waals surface area contributed by atoms with Crippen LogP contribution in [0.3, 0.4) is 0 Å². The summed E-state index contributed by atoms with van der Waals surface area (Å²) in [5.41, 5.74) is 5.39. The first kappa shape index (κ1) is 13.5. The van der Waals surface area contributed by atoms with Crippen LogP contribution in [0.1, 0.15) is 58.3 Å². The molecule has 3 nitrogen and oxygen atoms in total. The summed E-state index contributed by atoms with van der Waals surface area (Å²) >= 11 is 0. The minimum Gasteiger partial charge on any atom is -0.465 e. The molecule has 2 N–H and O–H groups in total. The molecule has 1 aliphatic rings. The maximum Gasteiger partial charge on any atom is 0.322 e. The van der Waals surface area contributed by atoms with Gasteiger partial charge < -0.3 is 10.5 Å². The highest BCUT2D eigenvalue weighted by Gasteiger charge is 2.13. The monoisotopic (exact) mass is 227 g/mol. The second-order valence-electron chi connectivity index (χ2n) is 4.96. The number of ether oxygens (including phenoxy) is 1. The van der Waals surface area contributed by atoms with E-state index < -0.39 is 6.04 Å². The summed E-state index contributed by atoms with van der Waals surface area (Å²) in [6.07, 6.45) is 10.5. The molecule has 94 valence electrons. The molecule has 1 fully saturated rings. The molecule has 0 aromatic carbocycles. The number of esters is 1. The Balaban J connectivity index is 1.93. The highest BCUT2D eigenvalue weighted by molar-refractivity contribution is 5.74. The van der Waals surface area contributed by atoms with Crippen molar-refractivity contribution in [3.05, 3.63) is 0 Å². The van der Waals surface area contributed by atoms with E-state index in [1.54, 1.807) is 6.92 Å². The van der Waals surface area contributed by atoms with Crippen molar-refractivity contribution in [2.45, 2.75) is 64.3 Å². The van der Waals surface area contributed by atoms with Crippen LogP contribution in [0.2, 0.25) is 0 Å². The Hall–Kier alpha value is -0.570. The van der Waals surface area contributed by atoms with Gasteiger partial charge in [-0.2, -0.15) is 0 Å². The van der Waals surface area contributed by atoms with Crippen LogP contribution in [0.15, 0.2) is 0 Å². The SMILES string of the molecule is C[C@H](N)C(=O)OCCCCC1CCCCC1. The van der Waals surface area contributed by atoms with E-state index in [0.717, 1.165) is 12.3 Å². The topological polar surface area (TPSA) is 52.3 Å². The van der Waals surface area contributed by atoms with Gasteiger partial charge in [-0.05, 0) is 25.7 Å². The Bertz CT molecular complexity index is 198. The quantitative estimate of drug-likeness (QED) is 0.560. The van der Waals surface area contributed by atoms with Gasteiger partial charge in [0.25, 0.3) is 0 Å². The highest BCUT2D eigenvalue weighted by Crippen LogP contribution is 2.27. The Kier molecular flexibility index (Phi) is 6.46. The normalized spacial score (nSPS) is 19.4. The van der Waals surface area contributed by atoms with E-state index in [9.17, 15) is 4.79 Å². The summed E-state index contributed by atoms with van der Waals surface area (Å²) in [5, 5.41) is 0. The van der Waals surface area contributed by atoms with Gasteiger partial charge in [0.05, 0.1) is 6.61 Å². The molecule has 0 amide bonds. The summed E-state index contributed by atoms with van der Waals surface area (Å²) in [4.78, 5) is 11.1. The second kappa shape index (κ2) is 7.66. The molecule has 0 bridgehead atoms. The Labute approximate surface area is 98.7 Å². The molecule has 0 heterocycles. The van der Waals surface area contributed by atoms with Gasteiger partial charge in [0, 0.05) is 0 Å². The third kappa shape index (κ3) is 5.50. The zero-order valence-electron chi connectivity index (χ0n) is 10.4. The molecule has 3 heteroatoms. The van der Waals surface area contributed by atoms with Gasteiger partial charge in [-0.15, -0.1) is 0 Å². The predicted molar refractivity (Wildman–Crippen MR) is 65.0 cm³/mol. The summed E-state index contributed by atoms with van der Waals surface area (Å²) in [6, 6.07) is -0.488. The van der Waals surface area contributed by atoms with Crippen LogP contribution in [-0.2, 0) is 9.53 Å². The first-order chi connectivity index (χ1) is 7.70. The Morgan fingerprint density at radius 2 is 2.00 bits per heavy atom. The van der Waals surface area contributed by atoms with Crippen molar-refractivity contribution in [2.75, 3.05) is 6.61 Å². The predicted octanol–water partition coefficient (Wildman–Crippen LogP) is 2.63. The van der Waals surface area contributed by atoms with E-state index in [0.29, 0.717) is 6.61 Å². The summed E-state index contributed by atoms with van der Waals surface area (Å²) < 4.78 is 5.03. The van der Waals surface area contributed by atoms with Crippen LogP contribution in [0.4, 0.5) is 0 Å². The van der Waals surface area contributed by atoms with E-state index in [1.807, 2.05) is 0 Å². The molecule has 0 aromatic rings. The third-order valence-corrected chi connectivity index (χ3v) is 3.35. The maximum absolute atomic E-state index is 11.1. The van der Waals surface area contributed by atoms with Gasteiger partial charge in [-0.25, -0.2) is 0 Å². The lowest BCUT2D eigenvalue weighted by molar-refractivity contribution is -0.144. The van der Waals surface area contributed by atoms with Crippen molar-refractivity contribution in [3.63, 3.8) is 0 Å². The molecule has 1 atom stereocenters. The zero-order valence-corrected chi connectivity index (χ0v) is 10.4. The molecule has 1 rings (SSSR count). The minimum atomic E-state index is -0.488. The lowest BCUT2D eigenvalue weighted by Gasteiger charge is -2.21. The van der Waals surface area contributed by atoms with Crippen LogP contribution in [0.25, 0.3) is 0 Å². The van der Waals surface area contributed by atoms with E-state index in [4.69, 9.17) is 10.5 Å². The number of unbranched alkanes of at least 4 members (excludes halogenated alkanes) is 1. The largest absolute Gasteiger partial charge is 0.465 e. The van der Waals surface area contributed by atoms with Crippen molar-refractivity contribution in [1.29, 1.82) is 0 Å². The van der Waals surface area contributed by atoms with Crippen molar-refractivity contribution >= 4 is 5.97 Å². The van der Waals surface area contributed by atoms with Crippen molar-refractivity contribution < 1.29 is 9.53 Å². The van der Waals surface area contributed by atoms with E-state index in [-0.39, 0.29) is 5.97 Å². The van der Waals surface area contributed by atoms with Crippen LogP contribution >= 0.6 is 0 Å². The number of carbonyl (C=O) groups is 1.